The molecule has 0 aromatic carbocycles. The fourth-order valence-corrected chi connectivity index (χ4v) is 4.46. The molecule has 17 heteroatoms. The second-order valence-corrected chi connectivity index (χ2v) is 9.07. The van der Waals surface area contributed by atoms with Crippen LogP contribution < -0.4 is 5.32 Å². The fourth-order valence-electron chi connectivity index (χ4n) is 4.46. The molecule has 3 aliphatic rings. The molecule has 11 N–H and O–H groups in total. The lowest BCUT2D eigenvalue weighted by molar-refractivity contribution is -0.372. The molecule has 0 spiro atoms. The van der Waals surface area contributed by atoms with E-state index in [-0.39, 0.29) is 0 Å². The van der Waals surface area contributed by atoms with Crippen molar-refractivity contribution in [2.45, 2.75) is 99.0 Å². The first-order valence-corrected chi connectivity index (χ1v) is 11.6. The van der Waals surface area contributed by atoms with Crippen molar-refractivity contribution in [3.63, 3.8) is 0 Å². The van der Waals surface area contributed by atoms with Crippen LogP contribution in [0.4, 0.5) is 0 Å². The van der Waals surface area contributed by atoms with E-state index in [9.17, 15) is 55.9 Å². The van der Waals surface area contributed by atoms with Gasteiger partial charge in [-0.15, -0.1) is 0 Å². The number of ether oxygens (including phenoxy) is 5. The third kappa shape index (κ3) is 6.38. The molecule has 0 bridgehead atoms. The molecule has 0 aliphatic carbocycles. The Kier molecular flexibility index (Phi) is 10.5. The number of nitrogens with one attached hydrogen (secondary N) is 1. The van der Waals surface area contributed by atoms with Crippen molar-refractivity contribution in [2.75, 3.05) is 19.8 Å². The van der Waals surface area contributed by atoms with Crippen LogP contribution in [0.25, 0.3) is 0 Å². The van der Waals surface area contributed by atoms with Gasteiger partial charge in [-0.2, -0.15) is 0 Å². The monoisotopic (exact) mass is 545 g/mol. The zero-order valence-electron chi connectivity index (χ0n) is 19.7. The van der Waals surface area contributed by atoms with Crippen molar-refractivity contribution in [1.82, 2.24) is 5.32 Å². The summed E-state index contributed by atoms with van der Waals surface area (Å²) in [7, 11) is 0. The SMILES string of the molecule is CC(=O)N[C@H]1[C@@H](O[C@@H]2[C@H](O)[C@@H](O)[C@H](O[C@H]3[C@H](O)[C@@H](O)[C@H](O)O[C@@H]3CO)O[C@@H]2CO)O[C@H](CO)[C@@H](O)[C@@H]1O. The largest absolute Gasteiger partial charge is 0.394 e. The summed E-state index contributed by atoms with van der Waals surface area (Å²) in [5.41, 5.74) is 0. The summed E-state index contributed by atoms with van der Waals surface area (Å²) >= 11 is 0. The average Bonchev–Trinajstić information content (AvgIpc) is 2.87. The van der Waals surface area contributed by atoms with Crippen LogP contribution >= 0.6 is 0 Å². The predicted molar refractivity (Wildman–Crippen MR) is 113 cm³/mol. The number of rotatable bonds is 8. The molecular formula is C20H35NO16. The van der Waals surface area contributed by atoms with Gasteiger partial charge in [-0.1, -0.05) is 0 Å². The smallest absolute Gasteiger partial charge is 0.217 e. The van der Waals surface area contributed by atoms with Crippen molar-refractivity contribution in [2.24, 2.45) is 0 Å². The van der Waals surface area contributed by atoms with E-state index in [1.807, 2.05) is 0 Å². The summed E-state index contributed by atoms with van der Waals surface area (Å²) in [4.78, 5) is 11.6. The number of aliphatic hydroxyl groups is 10. The van der Waals surface area contributed by atoms with E-state index < -0.39 is 118 Å². The third-order valence-corrected chi connectivity index (χ3v) is 6.49. The second-order valence-electron chi connectivity index (χ2n) is 9.07. The topological polar surface area (TPSA) is 278 Å². The van der Waals surface area contributed by atoms with Crippen LogP contribution in [0.3, 0.4) is 0 Å². The second kappa shape index (κ2) is 12.8. The normalized spacial score (nSPS) is 49.0. The lowest BCUT2D eigenvalue weighted by Crippen LogP contribution is -2.68. The maximum atomic E-state index is 11.6. The molecule has 17 nitrogen and oxygen atoms in total. The molecule has 1 amide bonds. The van der Waals surface area contributed by atoms with Gasteiger partial charge in [0.2, 0.25) is 5.91 Å². The summed E-state index contributed by atoms with van der Waals surface area (Å²) in [5, 5.41) is 103. The Morgan fingerprint density at radius 2 is 1.14 bits per heavy atom. The van der Waals surface area contributed by atoms with Crippen LogP contribution in [-0.4, -0.2) is 169 Å². The van der Waals surface area contributed by atoms with Gasteiger partial charge in [-0.25, -0.2) is 0 Å². The summed E-state index contributed by atoms with van der Waals surface area (Å²) in [6, 6.07) is -1.39. The van der Waals surface area contributed by atoms with Crippen molar-refractivity contribution >= 4 is 5.91 Å². The van der Waals surface area contributed by atoms with Crippen molar-refractivity contribution in [3.05, 3.63) is 0 Å². The molecule has 3 fully saturated rings. The summed E-state index contributed by atoms with van der Waals surface area (Å²) < 4.78 is 27.0. The highest BCUT2D eigenvalue weighted by molar-refractivity contribution is 5.73. The Morgan fingerprint density at radius 3 is 1.68 bits per heavy atom. The number of hydrogen-bond donors (Lipinski definition) is 11. The highest BCUT2D eigenvalue weighted by Crippen LogP contribution is 2.32. The number of carbonyl (C=O) groups is 1. The quantitative estimate of drug-likeness (QED) is 0.135. The predicted octanol–water partition coefficient (Wildman–Crippen LogP) is -7.43. The highest BCUT2D eigenvalue weighted by Gasteiger charge is 2.53. The van der Waals surface area contributed by atoms with Gasteiger partial charge in [-0.05, 0) is 0 Å². The Bertz CT molecular complexity index is 743. The first kappa shape index (κ1) is 30.4. The molecule has 0 saturated carbocycles. The van der Waals surface area contributed by atoms with E-state index in [0.29, 0.717) is 0 Å². The van der Waals surface area contributed by atoms with Crippen LogP contribution in [0, 0.1) is 0 Å². The standard InChI is InChI=1S/C20H35NO16/c1-5(25)21-9-11(27)10(26)6(2-22)34-19(9)36-17-8(4-24)35-20(15(31)13(17)29)37-16-7(3-23)33-18(32)14(30)12(16)28/h6-20,22-24,26-32H,2-4H2,1H3,(H,21,25)/t6-,7-,8-,9-,10-,11-,12-,13-,14-,15-,16-,17+,18-,19-,20+/m1/s1. The first-order valence-electron chi connectivity index (χ1n) is 11.6. The zero-order valence-corrected chi connectivity index (χ0v) is 19.7. The minimum absolute atomic E-state index is 0.637. The van der Waals surface area contributed by atoms with Crippen LogP contribution in [0.2, 0.25) is 0 Å². The molecule has 3 rings (SSSR count). The molecule has 15 atom stereocenters. The van der Waals surface area contributed by atoms with Gasteiger partial charge in [0, 0.05) is 6.92 Å². The number of aliphatic hydroxyl groups excluding tert-OH is 10. The van der Waals surface area contributed by atoms with Gasteiger partial charge in [-0.3, -0.25) is 4.79 Å². The minimum atomic E-state index is -1.92. The van der Waals surface area contributed by atoms with E-state index >= 15 is 0 Å². The molecule has 3 aliphatic heterocycles. The highest BCUT2D eigenvalue weighted by atomic mass is 16.7. The molecule has 37 heavy (non-hydrogen) atoms. The van der Waals surface area contributed by atoms with Gasteiger partial charge in [0.05, 0.1) is 19.8 Å². The Morgan fingerprint density at radius 1 is 0.649 bits per heavy atom. The van der Waals surface area contributed by atoms with Crippen LogP contribution in [0.5, 0.6) is 0 Å². The Balaban J connectivity index is 1.77. The fraction of sp³-hybridized carbons (Fsp3) is 0.950. The molecule has 3 heterocycles. The molecule has 3 saturated heterocycles. The van der Waals surface area contributed by atoms with Gasteiger partial charge in [0.1, 0.15) is 73.2 Å². The van der Waals surface area contributed by atoms with Crippen LogP contribution in [0.15, 0.2) is 0 Å². The molecule has 0 aromatic heterocycles. The first-order chi connectivity index (χ1) is 17.4. The summed E-state index contributed by atoms with van der Waals surface area (Å²) in [6.45, 7) is -1.21. The lowest BCUT2D eigenvalue weighted by atomic mass is 9.95. The molecule has 0 unspecified atom stereocenters. The van der Waals surface area contributed by atoms with Gasteiger partial charge < -0.3 is 80.1 Å². The zero-order chi connectivity index (χ0) is 27.6. The maximum absolute atomic E-state index is 11.6. The molecule has 216 valence electrons. The van der Waals surface area contributed by atoms with E-state index in [0.717, 1.165) is 6.92 Å². The van der Waals surface area contributed by atoms with Crippen molar-refractivity contribution in [1.29, 1.82) is 0 Å². The van der Waals surface area contributed by atoms with E-state index in [4.69, 9.17) is 23.7 Å². The third-order valence-electron chi connectivity index (χ3n) is 6.49. The summed E-state index contributed by atoms with van der Waals surface area (Å²) in [6.07, 6.45) is -23.1. The van der Waals surface area contributed by atoms with Gasteiger partial charge in [0.15, 0.2) is 18.9 Å². The van der Waals surface area contributed by atoms with E-state index in [1.54, 1.807) is 0 Å². The number of hydrogen-bond acceptors (Lipinski definition) is 16. The molecular weight excluding hydrogens is 510 g/mol. The molecule has 0 aromatic rings. The van der Waals surface area contributed by atoms with E-state index in [2.05, 4.69) is 5.32 Å². The lowest BCUT2D eigenvalue weighted by Gasteiger charge is -2.48. The minimum Gasteiger partial charge on any atom is -0.394 e. The van der Waals surface area contributed by atoms with Crippen LogP contribution in [-0.2, 0) is 28.5 Å². The van der Waals surface area contributed by atoms with Gasteiger partial charge in [0.25, 0.3) is 0 Å². The average molecular weight is 545 g/mol. The van der Waals surface area contributed by atoms with E-state index in [1.165, 1.54) is 0 Å². The number of carbonyl (C=O) groups excluding carboxylic acids is 1. The molecule has 0 radical (unpaired) electrons. The van der Waals surface area contributed by atoms with Crippen molar-refractivity contribution < 1.29 is 79.5 Å². The van der Waals surface area contributed by atoms with Crippen molar-refractivity contribution in [3.8, 4) is 0 Å². The number of amides is 1. The Hall–Kier alpha value is -1.13. The summed E-state index contributed by atoms with van der Waals surface area (Å²) in [5.74, 6) is -0.637. The Labute approximate surface area is 210 Å². The van der Waals surface area contributed by atoms with Gasteiger partial charge >= 0.3 is 0 Å². The maximum Gasteiger partial charge on any atom is 0.217 e. The van der Waals surface area contributed by atoms with Crippen LogP contribution in [0.1, 0.15) is 6.92 Å².